The smallest absolute Gasteiger partial charge is 0.136 e. The van der Waals surface area contributed by atoms with E-state index in [9.17, 15) is 0 Å². The Morgan fingerprint density at radius 1 is 0.326 bits per heavy atom. The summed E-state index contributed by atoms with van der Waals surface area (Å²) in [5.41, 5.74) is 9.17. The number of rotatable bonds is 3. The number of fused-ring (bicyclic) bond motifs is 6. The van der Waals surface area contributed by atoms with Crippen molar-refractivity contribution in [1.82, 2.24) is 0 Å². The number of benzene rings is 8. The van der Waals surface area contributed by atoms with Gasteiger partial charge in [0.25, 0.3) is 0 Å². The molecule has 0 aliphatic heterocycles. The second-order valence-corrected chi connectivity index (χ2v) is 11.3. The Hall–Kier alpha value is -5.66. The van der Waals surface area contributed by atoms with Crippen LogP contribution in [0.4, 0.5) is 0 Å². The third-order valence-electron chi connectivity index (χ3n) is 8.83. The lowest BCUT2D eigenvalue weighted by Gasteiger charge is -2.19. The van der Waals surface area contributed by atoms with Crippen molar-refractivity contribution in [1.29, 1.82) is 0 Å². The van der Waals surface area contributed by atoms with Gasteiger partial charge in [-0.2, -0.15) is 0 Å². The van der Waals surface area contributed by atoms with Gasteiger partial charge in [-0.1, -0.05) is 133 Å². The van der Waals surface area contributed by atoms with Crippen LogP contribution in [0.1, 0.15) is 0 Å². The van der Waals surface area contributed by atoms with Crippen LogP contribution in [0.2, 0.25) is 0 Å². The minimum absolute atomic E-state index is 0.909. The van der Waals surface area contributed by atoms with Gasteiger partial charge >= 0.3 is 0 Å². The van der Waals surface area contributed by atoms with Crippen LogP contribution < -0.4 is 0 Å². The average Bonchev–Trinajstić information content (AvgIpc) is 3.44. The highest BCUT2D eigenvalue weighted by Gasteiger charge is 2.21. The van der Waals surface area contributed by atoms with Crippen molar-refractivity contribution in [2.24, 2.45) is 0 Å². The van der Waals surface area contributed by atoms with Crippen molar-refractivity contribution in [2.75, 3.05) is 0 Å². The Morgan fingerprint density at radius 2 is 0.953 bits per heavy atom. The predicted octanol–water partition coefficient (Wildman–Crippen LogP) is 12.0. The molecule has 0 fully saturated rings. The largest absolute Gasteiger partial charge is 0.456 e. The molecule has 9 aromatic rings. The molecular formula is C42H26O. The Kier molecular flexibility index (Phi) is 5.27. The summed E-state index contributed by atoms with van der Waals surface area (Å²) in [6.45, 7) is 0. The van der Waals surface area contributed by atoms with E-state index in [1.54, 1.807) is 0 Å². The molecule has 1 heterocycles. The Morgan fingerprint density at radius 3 is 1.72 bits per heavy atom. The summed E-state index contributed by atoms with van der Waals surface area (Å²) in [4.78, 5) is 0. The van der Waals surface area contributed by atoms with Crippen molar-refractivity contribution in [3.63, 3.8) is 0 Å². The molecule has 0 amide bonds. The minimum Gasteiger partial charge on any atom is -0.456 e. The second-order valence-electron chi connectivity index (χ2n) is 11.3. The van der Waals surface area contributed by atoms with Gasteiger partial charge in [-0.25, -0.2) is 0 Å². The summed E-state index contributed by atoms with van der Waals surface area (Å²) in [6, 6.07) is 56.8. The fraction of sp³-hybridized carbons (Fsp3) is 0. The zero-order chi connectivity index (χ0) is 28.3. The fourth-order valence-corrected chi connectivity index (χ4v) is 6.91. The fourth-order valence-electron chi connectivity index (χ4n) is 6.91. The highest BCUT2D eigenvalue weighted by molar-refractivity contribution is 6.26. The molecule has 0 radical (unpaired) electrons. The topological polar surface area (TPSA) is 13.1 Å². The molecule has 0 spiro atoms. The van der Waals surface area contributed by atoms with Crippen LogP contribution >= 0.6 is 0 Å². The first kappa shape index (κ1) is 24.0. The first-order valence-corrected chi connectivity index (χ1v) is 14.8. The quantitative estimate of drug-likeness (QED) is 0.201. The lowest BCUT2D eigenvalue weighted by atomic mass is 9.84. The molecule has 0 N–H and O–H groups in total. The zero-order valence-corrected chi connectivity index (χ0v) is 23.4. The van der Waals surface area contributed by atoms with E-state index in [2.05, 4.69) is 158 Å². The van der Waals surface area contributed by atoms with Gasteiger partial charge in [-0.3, -0.25) is 0 Å². The van der Waals surface area contributed by atoms with Crippen molar-refractivity contribution in [3.05, 3.63) is 158 Å². The van der Waals surface area contributed by atoms with Gasteiger partial charge in [-0.05, 0) is 90.0 Å². The van der Waals surface area contributed by atoms with Crippen molar-refractivity contribution >= 4 is 54.3 Å². The van der Waals surface area contributed by atoms with E-state index in [1.807, 2.05) is 0 Å². The van der Waals surface area contributed by atoms with Gasteiger partial charge in [0.15, 0.2) is 0 Å². The Bertz CT molecular complexity index is 2480. The van der Waals surface area contributed by atoms with Gasteiger partial charge in [0.2, 0.25) is 0 Å². The van der Waals surface area contributed by atoms with Gasteiger partial charge < -0.3 is 4.42 Å². The number of hydrogen-bond donors (Lipinski definition) is 0. The van der Waals surface area contributed by atoms with Gasteiger partial charge in [0.05, 0.1) is 0 Å². The molecule has 0 bridgehead atoms. The molecule has 8 aromatic carbocycles. The molecule has 0 aliphatic carbocycles. The number of furan rings is 1. The van der Waals surface area contributed by atoms with Crippen LogP contribution in [0.15, 0.2) is 162 Å². The molecule has 1 aromatic heterocycles. The van der Waals surface area contributed by atoms with Gasteiger partial charge in [-0.15, -0.1) is 0 Å². The molecule has 0 unspecified atom stereocenters. The predicted molar refractivity (Wildman–Crippen MR) is 183 cm³/mol. The van der Waals surface area contributed by atoms with E-state index in [4.69, 9.17) is 4.42 Å². The second kappa shape index (κ2) is 9.44. The first-order valence-electron chi connectivity index (χ1n) is 14.8. The minimum atomic E-state index is 0.909. The molecule has 1 heteroatoms. The molecule has 1 nitrogen and oxygen atoms in total. The molecule has 200 valence electrons. The third-order valence-corrected chi connectivity index (χ3v) is 8.83. The van der Waals surface area contributed by atoms with E-state index < -0.39 is 0 Å². The van der Waals surface area contributed by atoms with E-state index in [1.165, 1.54) is 65.7 Å². The summed E-state index contributed by atoms with van der Waals surface area (Å²) in [6.07, 6.45) is 0. The maximum Gasteiger partial charge on any atom is 0.136 e. The normalized spacial score (nSPS) is 11.7. The summed E-state index contributed by atoms with van der Waals surface area (Å²) in [5, 5.41) is 9.68. The summed E-state index contributed by atoms with van der Waals surface area (Å²) in [7, 11) is 0. The average molecular weight is 547 g/mol. The van der Waals surface area contributed by atoms with E-state index in [-0.39, 0.29) is 0 Å². The van der Waals surface area contributed by atoms with Crippen LogP contribution in [0.3, 0.4) is 0 Å². The van der Waals surface area contributed by atoms with Crippen LogP contribution in [-0.2, 0) is 0 Å². The van der Waals surface area contributed by atoms with E-state index in [0.29, 0.717) is 0 Å². The first-order chi connectivity index (χ1) is 21.3. The summed E-state index contributed by atoms with van der Waals surface area (Å²) in [5.74, 6) is 0. The van der Waals surface area contributed by atoms with Crippen LogP contribution in [0, 0.1) is 0 Å². The Labute approximate surface area is 249 Å². The maximum absolute atomic E-state index is 6.53. The summed E-state index contributed by atoms with van der Waals surface area (Å²) < 4.78 is 6.53. The SMILES string of the molecule is c1ccc(-c2ccc3c(-c4ccccc4)c4ccccc4c(-c4cccc5oc6cc7ccccc7cc6c45)c3c2)cc1. The van der Waals surface area contributed by atoms with E-state index >= 15 is 0 Å². The lowest BCUT2D eigenvalue weighted by molar-refractivity contribution is 0.669. The number of hydrogen-bond acceptors (Lipinski definition) is 1. The van der Waals surface area contributed by atoms with E-state index in [0.717, 1.165) is 21.9 Å². The van der Waals surface area contributed by atoms with Crippen LogP contribution in [0.5, 0.6) is 0 Å². The maximum atomic E-state index is 6.53. The molecule has 0 saturated heterocycles. The summed E-state index contributed by atoms with van der Waals surface area (Å²) >= 11 is 0. The molecule has 0 aliphatic rings. The standard InChI is InChI=1S/C42H26O/c1-3-12-27(13-4-1)31-22-23-34-36(24-31)41(33-19-10-9-18-32(33)40(34)28-14-5-2-6-15-28)35-20-11-21-38-42(35)37-25-29-16-7-8-17-30(29)26-39(37)43-38/h1-26H. The zero-order valence-electron chi connectivity index (χ0n) is 23.4. The highest BCUT2D eigenvalue weighted by atomic mass is 16.3. The molecule has 9 rings (SSSR count). The molecule has 43 heavy (non-hydrogen) atoms. The van der Waals surface area contributed by atoms with Gasteiger partial charge in [0.1, 0.15) is 11.2 Å². The van der Waals surface area contributed by atoms with Crippen molar-refractivity contribution in [2.45, 2.75) is 0 Å². The molecular weight excluding hydrogens is 520 g/mol. The van der Waals surface area contributed by atoms with Crippen molar-refractivity contribution < 1.29 is 4.42 Å². The van der Waals surface area contributed by atoms with Gasteiger partial charge in [0, 0.05) is 10.8 Å². The van der Waals surface area contributed by atoms with Crippen LogP contribution in [-0.4, -0.2) is 0 Å². The molecule has 0 atom stereocenters. The van der Waals surface area contributed by atoms with Crippen molar-refractivity contribution in [3.8, 4) is 33.4 Å². The molecule has 0 saturated carbocycles. The highest BCUT2D eigenvalue weighted by Crippen LogP contribution is 2.48. The van der Waals surface area contributed by atoms with Crippen LogP contribution in [0.25, 0.3) is 87.6 Å². The third kappa shape index (κ3) is 3.72. The lowest BCUT2D eigenvalue weighted by Crippen LogP contribution is -1.92. The Balaban J connectivity index is 1.47. The monoisotopic (exact) mass is 546 g/mol.